The van der Waals surface area contributed by atoms with Crippen LogP contribution in [0.25, 0.3) is 0 Å². The summed E-state index contributed by atoms with van der Waals surface area (Å²) >= 11 is 0. The fourth-order valence-corrected chi connectivity index (χ4v) is 2.36. The number of rotatable bonds is 5. The second kappa shape index (κ2) is 5.65. The molecule has 1 saturated heterocycles. The van der Waals surface area contributed by atoms with Crippen LogP contribution in [0, 0.1) is 0 Å². The minimum absolute atomic E-state index is 0.512. The predicted octanol–water partition coefficient (Wildman–Crippen LogP) is 2.60. The van der Waals surface area contributed by atoms with Crippen molar-refractivity contribution < 1.29 is 0 Å². The summed E-state index contributed by atoms with van der Waals surface area (Å²) in [4.78, 5) is 2.48. The summed E-state index contributed by atoms with van der Waals surface area (Å²) in [5.41, 5.74) is 2.88. The summed E-state index contributed by atoms with van der Waals surface area (Å²) in [6.45, 7) is 6.80. The first kappa shape index (κ1) is 12.6. The molecule has 0 spiro atoms. The Morgan fingerprint density at radius 3 is 2.41 bits per heavy atom. The summed E-state index contributed by atoms with van der Waals surface area (Å²) in [6.07, 6.45) is 2.42. The third-order valence-corrected chi connectivity index (χ3v) is 3.95. The molecule has 1 N–H and O–H groups in total. The number of nitrogens with one attached hydrogen (secondary N) is 1. The third-order valence-electron chi connectivity index (χ3n) is 3.95. The first-order valence-corrected chi connectivity index (χ1v) is 6.74. The minimum atomic E-state index is 0.512. The second-order valence-electron chi connectivity index (χ2n) is 5.15. The largest absolute Gasteiger partial charge is 0.314 e. The maximum Gasteiger partial charge on any atom is 0.0348 e. The van der Waals surface area contributed by atoms with Gasteiger partial charge < -0.3 is 5.32 Å². The van der Waals surface area contributed by atoms with Gasteiger partial charge in [-0.3, -0.25) is 4.90 Å². The van der Waals surface area contributed by atoms with Gasteiger partial charge in [0.15, 0.2) is 0 Å². The zero-order valence-corrected chi connectivity index (χ0v) is 11.2. The molecule has 0 radical (unpaired) electrons. The lowest BCUT2D eigenvalue weighted by molar-refractivity contribution is 0.136. The average Bonchev–Trinajstić information content (AvgIpc) is 2.27. The number of hydrogen-bond acceptors (Lipinski definition) is 2. The summed E-state index contributed by atoms with van der Waals surface area (Å²) in [6, 6.07) is 10.4. The summed E-state index contributed by atoms with van der Waals surface area (Å²) in [5, 5.41) is 3.33. The zero-order valence-electron chi connectivity index (χ0n) is 11.2. The molecule has 1 aliphatic heterocycles. The van der Waals surface area contributed by atoms with Gasteiger partial charge >= 0.3 is 0 Å². The highest BCUT2D eigenvalue weighted by atomic mass is 15.2. The van der Waals surface area contributed by atoms with E-state index in [9.17, 15) is 0 Å². The van der Waals surface area contributed by atoms with E-state index >= 15 is 0 Å². The van der Waals surface area contributed by atoms with Crippen LogP contribution < -0.4 is 5.32 Å². The maximum absolute atomic E-state index is 3.33. The smallest absolute Gasteiger partial charge is 0.0348 e. The summed E-state index contributed by atoms with van der Waals surface area (Å²) < 4.78 is 0. The van der Waals surface area contributed by atoms with Gasteiger partial charge in [0.25, 0.3) is 0 Å². The Kier molecular flexibility index (Phi) is 4.19. The standard InChI is InChI=1S/C15H24N2/c1-4-5-13-6-8-14(9-7-13)12(2)17(3)15-10-16-11-15/h6-9,12,15-16H,4-5,10-11H2,1-3H3. The minimum Gasteiger partial charge on any atom is -0.314 e. The lowest BCUT2D eigenvalue weighted by Crippen LogP contribution is -2.56. The normalized spacial score (nSPS) is 18.1. The van der Waals surface area contributed by atoms with Crippen molar-refractivity contribution in [2.45, 2.75) is 38.8 Å². The number of aryl methyl sites for hydroxylation is 1. The molecule has 1 fully saturated rings. The molecule has 0 aliphatic carbocycles. The molecule has 1 unspecified atom stereocenters. The average molecular weight is 232 g/mol. The van der Waals surface area contributed by atoms with Gasteiger partial charge in [0, 0.05) is 25.2 Å². The van der Waals surface area contributed by atoms with E-state index in [1.165, 1.54) is 24.0 Å². The van der Waals surface area contributed by atoms with Crippen molar-refractivity contribution in [1.82, 2.24) is 10.2 Å². The molecule has 1 aliphatic rings. The van der Waals surface area contributed by atoms with Crippen molar-refractivity contribution in [2.24, 2.45) is 0 Å². The molecular formula is C15H24N2. The highest BCUT2D eigenvalue weighted by Gasteiger charge is 2.25. The van der Waals surface area contributed by atoms with E-state index in [0.29, 0.717) is 12.1 Å². The van der Waals surface area contributed by atoms with Gasteiger partial charge in [0.2, 0.25) is 0 Å². The molecule has 1 atom stereocenters. The first-order chi connectivity index (χ1) is 8.22. The van der Waals surface area contributed by atoms with Crippen LogP contribution in [0.15, 0.2) is 24.3 Å². The van der Waals surface area contributed by atoms with Crippen molar-refractivity contribution in [3.8, 4) is 0 Å². The summed E-state index contributed by atoms with van der Waals surface area (Å²) in [5.74, 6) is 0. The predicted molar refractivity (Wildman–Crippen MR) is 73.3 cm³/mol. The van der Waals surface area contributed by atoms with Crippen LogP contribution in [-0.4, -0.2) is 31.1 Å². The van der Waals surface area contributed by atoms with Crippen molar-refractivity contribution >= 4 is 0 Å². The molecule has 1 aromatic carbocycles. The molecule has 2 nitrogen and oxygen atoms in total. The molecule has 0 saturated carbocycles. The van der Waals surface area contributed by atoms with Crippen LogP contribution in [0.5, 0.6) is 0 Å². The maximum atomic E-state index is 3.33. The molecule has 0 aromatic heterocycles. The molecule has 1 heterocycles. The lowest BCUT2D eigenvalue weighted by Gasteiger charge is -2.39. The highest BCUT2D eigenvalue weighted by molar-refractivity contribution is 5.25. The van der Waals surface area contributed by atoms with E-state index in [2.05, 4.69) is 55.4 Å². The van der Waals surface area contributed by atoms with Gasteiger partial charge in [-0.2, -0.15) is 0 Å². The van der Waals surface area contributed by atoms with E-state index in [4.69, 9.17) is 0 Å². The van der Waals surface area contributed by atoms with E-state index in [0.717, 1.165) is 13.1 Å². The molecule has 2 rings (SSSR count). The van der Waals surface area contributed by atoms with Crippen molar-refractivity contribution in [2.75, 3.05) is 20.1 Å². The number of nitrogens with zero attached hydrogens (tertiary/aromatic N) is 1. The van der Waals surface area contributed by atoms with Gasteiger partial charge in [-0.15, -0.1) is 0 Å². The molecule has 17 heavy (non-hydrogen) atoms. The summed E-state index contributed by atoms with van der Waals surface area (Å²) in [7, 11) is 2.23. The molecule has 94 valence electrons. The first-order valence-electron chi connectivity index (χ1n) is 6.74. The fourth-order valence-electron chi connectivity index (χ4n) is 2.36. The van der Waals surface area contributed by atoms with Crippen LogP contribution in [0.2, 0.25) is 0 Å². The van der Waals surface area contributed by atoms with Crippen LogP contribution >= 0.6 is 0 Å². The number of likely N-dealkylation sites (N-methyl/N-ethyl adjacent to an activating group) is 1. The van der Waals surface area contributed by atoms with Crippen molar-refractivity contribution in [3.63, 3.8) is 0 Å². The molecule has 2 heteroatoms. The molecular weight excluding hydrogens is 208 g/mol. The molecule has 1 aromatic rings. The van der Waals surface area contributed by atoms with Gasteiger partial charge in [-0.1, -0.05) is 37.6 Å². The topological polar surface area (TPSA) is 15.3 Å². The second-order valence-corrected chi connectivity index (χ2v) is 5.15. The van der Waals surface area contributed by atoms with Crippen LogP contribution in [0.1, 0.15) is 37.4 Å². The van der Waals surface area contributed by atoms with Crippen LogP contribution in [0.3, 0.4) is 0 Å². The van der Waals surface area contributed by atoms with Gasteiger partial charge in [-0.05, 0) is 31.5 Å². The molecule has 0 amide bonds. The Morgan fingerprint density at radius 2 is 1.94 bits per heavy atom. The quantitative estimate of drug-likeness (QED) is 0.839. The van der Waals surface area contributed by atoms with E-state index in [1.54, 1.807) is 0 Å². The Bertz CT molecular complexity index is 340. The third kappa shape index (κ3) is 2.88. The fraction of sp³-hybridized carbons (Fsp3) is 0.600. The zero-order chi connectivity index (χ0) is 12.3. The van der Waals surface area contributed by atoms with E-state index in [1.807, 2.05) is 0 Å². The Labute approximate surface area is 105 Å². The van der Waals surface area contributed by atoms with Crippen molar-refractivity contribution in [1.29, 1.82) is 0 Å². The Balaban J connectivity index is 2.00. The molecule has 0 bridgehead atoms. The Hall–Kier alpha value is -0.860. The van der Waals surface area contributed by atoms with Gasteiger partial charge in [0.1, 0.15) is 0 Å². The SMILES string of the molecule is CCCc1ccc(C(C)N(C)C2CNC2)cc1. The van der Waals surface area contributed by atoms with Crippen molar-refractivity contribution in [3.05, 3.63) is 35.4 Å². The van der Waals surface area contributed by atoms with Gasteiger partial charge in [-0.25, -0.2) is 0 Å². The lowest BCUT2D eigenvalue weighted by atomic mass is 10.0. The number of benzene rings is 1. The van der Waals surface area contributed by atoms with E-state index < -0.39 is 0 Å². The monoisotopic (exact) mass is 232 g/mol. The highest BCUT2D eigenvalue weighted by Crippen LogP contribution is 2.22. The van der Waals surface area contributed by atoms with Crippen LogP contribution in [-0.2, 0) is 6.42 Å². The Morgan fingerprint density at radius 1 is 1.29 bits per heavy atom. The van der Waals surface area contributed by atoms with Gasteiger partial charge in [0.05, 0.1) is 0 Å². The number of hydrogen-bond donors (Lipinski definition) is 1. The van der Waals surface area contributed by atoms with Crippen LogP contribution in [0.4, 0.5) is 0 Å². The van der Waals surface area contributed by atoms with E-state index in [-0.39, 0.29) is 0 Å².